The van der Waals surface area contributed by atoms with Crippen molar-refractivity contribution in [3.8, 4) is 0 Å². The van der Waals surface area contributed by atoms with Crippen molar-refractivity contribution in [1.82, 2.24) is 24.6 Å². The fourth-order valence-electron chi connectivity index (χ4n) is 4.65. The summed E-state index contributed by atoms with van der Waals surface area (Å²) < 4.78 is 29.9. The van der Waals surface area contributed by atoms with Crippen molar-refractivity contribution >= 4 is 38.8 Å². The predicted octanol–water partition coefficient (Wildman–Crippen LogP) is 1.96. The molecule has 0 bridgehead atoms. The van der Waals surface area contributed by atoms with E-state index in [0.717, 1.165) is 11.1 Å². The van der Waals surface area contributed by atoms with Crippen molar-refractivity contribution in [1.29, 1.82) is 0 Å². The van der Waals surface area contributed by atoms with Crippen LogP contribution in [0.4, 0.5) is 5.95 Å². The first-order chi connectivity index (χ1) is 18.9. The summed E-state index contributed by atoms with van der Waals surface area (Å²) >= 11 is 0. The summed E-state index contributed by atoms with van der Waals surface area (Å²) in [6, 6.07) is 6.90. The molecule has 0 aliphatic rings. The van der Waals surface area contributed by atoms with Gasteiger partial charge in [-0.05, 0) is 49.6 Å². The van der Waals surface area contributed by atoms with Crippen LogP contribution in [-0.2, 0) is 28.4 Å². The van der Waals surface area contributed by atoms with Crippen LogP contribution in [0.1, 0.15) is 32.6 Å². The number of fused-ring (bicyclic) bond motifs is 1. The Bertz CT molecular complexity index is 1740. The number of rotatable bonds is 10. The summed E-state index contributed by atoms with van der Waals surface area (Å²) in [6.07, 6.45) is 4.68. The number of carbonyl (C=O) groups excluding carboxylic acids is 1. The molecule has 0 radical (unpaired) electrons. The Morgan fingerprint density at radius 2 is 1.82 bits per heavy atom. The Hall–Kier alpha value is -4.49. The van der Waals surface area contributed by atoms with Gasteiger partial charge in [0.15, 0.2) is 5.95 Å². The van der Waals surface area contributed by atoms with Crippen LogP contribution in [0.15, 0.2) is 58.6 Å². The molecule has 2 aromatic heterocycles. The van der Waals surface area contributed by atoms with Gasteiger partial charge in [-0.1, -0.05) is 23.8 Å². The maximum atomic E-state index is 13.1. The van der Waals surface area contributed by atoms with E-state index in [-0.39, 0.29) is 10.5 Å². The van der Waals surface area contributed by atoms with Gasteiger partial charge in [-0.3, -0.25) is 14.4 Å². The fraction of sp³-hybridized carbons (Fsp3) is 0.259. The summed E-state index contributed by atoms with van der Waals surface area (Å²) in [7, 11) is -2.54. The number of nitrogens with one attached hydrogen (secondary N) is 4. The van der Waals surface area contributed by atoms with Gasteiger partial charge >= 0.3 is 5.97 Å². The second-order valence-corrected chi connectivity index (χ2v) is 11.2. The number of hydrogen-bond donors (Lipinski definition) is 5. The molecule has 1 amide bonds. The van der Waals surface area contributed by atoms with Gasteiger partial charge in [0.2, 0.25) is 15.5 Å². The molecule has 1 unspecified atom stereocenters. The Kier molecular flexibility index (Phi) is 8.07. The maximum absolute atomic E-state index is 13.1. The lowest BCUT2D eigenvalue weighted by Gasteiger charge is -2.18. The Morgan fingerprint density at radius 3 is 2.45 bits per heavy atom. The standard InChI is InChI=1S/C27H30N6O6S/c1-15-9-16(2)24(17(3)10-15)40(38,39)32-21(26(36)37)13-30-25(35)20-14-33(4)22-11-18(5-6-19(22)23(20)34)12-31-27-28-7-8-29-27/h5-11,14,21,32H,12-13H2,1-4H3,(H,30,35)(H,36,37)(H2,28,29,31). The molecule has 4 rings (SSSR count). The van der Waals surface area contributed by atoms with Gasteiger partial charge in [0, 0.05) is 44.1 Å². The molecular formula is C27H30N6O6S. The van der Waals surface area contributed by atoms with Gasteiger partial charge in [0.1, 0.15) is 11.6 Å². The summed E-state index contributed by atoms with van der Waals surface area (Å²) in [5, 5.41) is 15.5. The molecule has 0 aliphatic heterocycles. The second-order valence-electron chi connectivity index (χ2n) is 9.58. The number of carboxylic acid groups (broad SMARTS) is 1. The molecule has 2 aromatic carbocycles. The average Bonchev–Trinajstić information content (AvgIpc) is 3.40. The Balaban J connectivity index is 1.51. The number of benzene rings is 2. The smallest absolute Gasteiger partial charge is 0.323 e. The fourth-order valence-corrected chi connectivity index (χ4v) is 6.30. The first-order valence-electron chi connectivity index (χ1n) is 12.3. The van der Waals surface area contributed by atoms with Crippen molar-refractivity contribution in [2.45, 2.75) is 38.3 Å². The highest BCUT2D eigenvalue weighted by atomic mass is 32.2. The minimum atomic E-state index is -4.22. The zero-order valence-electron chi connectivity index (χ0n) is 22.4. The molecule has 0 fully saturated rings. The number of aromatic nitrogens is 3. The third kappa shape index (κ3) is 6.05. The van der Waals surface area contributed by atoms with E-state index >= 15 is 0 Å². The highest BCUT2D eigenvalue weighted by Crippen LogP contribution is 2.22. The van der Waals surface area contributed by atoms with Crippen LogP contribution in [0.2, 0.25) is 0 Å². The van der Waals surface area contributed by atoms with E-state index in [4.69, 9.17) is 0 Å². The third-order valence-electron chi connectivity index (χ3n) is 6.39. The van der Waals surface area contributed by atoms with Crippen LogP contribution in [0.25, 0.3) is 10.9 Å². The van der Waals surface area contributed by atoms with Crippen molar-refractivity contribution in [3.05, 3.63) is 87.0 Å². The molecule has 13 heteroatoms. The lowest BCUT2D eigenvalue weighted by molar-refractivity contribution is -0.138. The quantitative estimate of drug-likeness (QED) is 0.194. The number of aromatic amines is 1. The first-order valence-corrected chi connectivity index (χ1v) is 13.8. The highest BCUT2D eigenvalue weighted by Gasteiger charge is 2.29. The Labute approximate surface area is 230 Å². The SMILES string of the molecule is Cc1cc(C)c(S(=O)(=O)NC(CNC(=O)c2cn(C)c3cc(CNc4ncc[nH]4)ccc3c2=O)C(=O)O)c(C)c1. The van der Waals surface area contributed by atoms with E-state index in [1.165, 1.54) is 6.20 Å². The minimum Gasteiger partial charge on any atom is -0.480 e. The molecule has 4 aromatic rings. The van der Waals surface area contributed by atoms with Gasteiger partial charge in [-0.15, -0.1) is 0 Å². The molecular weight excluding hydrogens is 536 g/mol. The number of carbonyl (C=O) groups is 2. The number of aliphatic carboxylic acids is 1. The maximum Gasteiger partial charge on any atom is 0.323 e. The number of aryl methyl sites for hydroxylation is 4. The second kappa shape index (κ2) is 11.3. The number of imidazole rings is 1. The zero-order valence-corrected chi connectivity index (χ0v) is 23.2. The summed E-state index contributed by atoms with van der Waals surface area (Å²) in [5.74, 6) is -1.69. The molecule has 0 saturated carbocycles. The van der Waals surface area contributed by atoms with Gasteiger partial charge in [-0.2, -0.15) is 4.72 Å². The normalized spacial score (nSPS) is 12.3. The van der Waals surface area contributed by atoms with Crippen LogP contribution in [-0.4, -0.2) is 52.5 Å². The van der Waals surface area contributed by atoms with E-state index in [2.05, 4.69) is 25.3 Å². The van der Waals surface area contributed by atoms with Crippen molar-refractivity contribution < 1.29 is 23.1 Å². The van der Waals surface area contributed by atoms with Gasteiger partial charge in [-0.25, -0.2) is 13.4 Å². The highest BCUT2D eigenvalue weighted by molar-refractivity contribution is 7.89. The molecule has 0 aliphatic carbocycles. The van der Waals surface area contributed by atoms with Crippen molar-refractivity contribution in [2.75, 3.05) is 11.9 Å². The first kappa shape index (κ1) is 28.5. The number of carboxylic acids is 1. The lowest BCUT2D eigenvalue weighted by Crippen LogP contribution is -2.49. The third-order valence-corrected chi connectivity index (χ3v) is 8.17. The molecule has 2 heterocycles. The van der Waals surface area contributed by atoms with E-state index < -0.39 is 39.9 Å². The monoisotopic (exact) mass is 566 g/mol. The van der Waals surface area contributed by atoms with E-state index in [9.17, 15) is 27.9 Å². The summed E-state index contributed by atoms with van der Waals surface area (Å²) in [5.41, 5.74) is 2.56. The molecule has 12 nitrogen and oxygen atoms in total. The molecule has 210 valence electrons. The van der Waals surface area contributed by atoms with Crippen LogP contribution in [0.5, 0.6) is 0 Å². The number of sulfonamides is 1. The van der Waals surface area contributed by atoms with Gasteiger partial charge < -0.3 is 25.3 Å². The van der Waals surface area contributed by atoms with Crippen LogP contribution >= 0.6 is 0 Å². The number of hydrogen-bond acceptors (Lipinski definition) is 7. The average molecular weight is 567 g/mol. The summed E-state index contributed by atoms with van der Waals surface area (Å²) in [4.78, 5) is 45.0. The lowest BCUT2D eigenvalue weighted by atomic mass is 10.1. The number of amides is 1. The van der Waals surface area contributed by atoms with E-state index in [1.54, 1.807) is 62.1 Å². The summed E-state index contributed by atoms with van der Waals surface area (Å²) in [6.45, 7) is 4.96. The molecule has 1 atom stereocenters. The van der Waals surface area contributed by atoms with Crippen LogP contribution in [0, 0.1) is 20.8 Å². The van der Waals surface area contributed by atoms with E-state index in [0.29, 0.717) is 34.5 Å². The zero-order chi connectivity index (χ0) is 29.2. The van der Waals surface area contributed by atoms with Gasteiger partial charge in [0.05, 0.1) is 10.4 Å². The molecule has 5 N–H and O–H groups in total. The largest absolute Gasteiger partial charge is 0.480 e. The molecule has 40 heavy (non-hydrogen) atoms. The van der Waals surface area contributed by atoms with Crippen molar-refractivity contribution in [2.24, 2.45) is 7.05 Å². The van der Waals surface area contributed by atoms with E-state index in [1.807, 2.05) is 13.0 Å². The Morgan fingerprint density at radius 1 is 1.12 bits per heavy atom. The number of anilines is 1. The minimum absolute atomic E-state index is 0.0159. The number of nitrogens with zero attached hydrogens (tertiary/aromatic N) is 2. The van der Waals surface area contributed by atoms with Crippen molar-refractivity contribution in [3.63, 3.8) is 0 Å². The molecule has 0 saturated heterocycles. The van der Waals surface area contributed by atoms with Crippen LogP contribution in [0.3, 0.4) is 0 Å². The predicted molar refractivity (Wildman–Crippen MR) is 150 cm³/mol. The van der Waals surface area contributed by atoms with Gasteiger partial charge in [0.25, 0.3) is 5.91 Å². The number of pyridine rings is 1. The van der Waals surface area contributed by atoms with Crippen LogP contribution < -0.4 is 20.8 Å². The number of H-pyrrole nitrogens is 1. The molecule has 0 spiro atoms. The topological polar surface area (TPSA) is 175 Å².